The largest absolute Gasteiger partial charge is 0.492 e. The Kier molecular flexibility index (Phi) is 2.33. The van der Waals surface area contributed by atoms with E-state index in [0.29, 0.717) is 6.54 Å². The van der Waals surface area contributed by atoms with Gasteiger partial charge in [0.2, 0.25) is 5.88 Å². The third-order valence-electron chi connectivity index (χ3n) is 2.21. The summed E-state index contributed by atoms with van der Waals surface area (Å²) >= 11 is 0. The summed E-state index contributed by atoms with van der Waals surface area (Å²) in [7, 11) is 0. The fraction of sp³-hybridized carbons (Fsp3) is 0.182. The number of aryl methyl sites for hydroxylation is 1. The molecular formula is C11H11NO3. The van der Waals surface area contributed by atoms with Crippen molar-refractivity contribution in [1.82, 2.24) is 4.57 Å². The molecule has 0 atom stereocenters. The fourth-order valence-electron chi connectivity index (χ4n) is 1.41. The molecular weight excluding hydrogens is 194 g/mol. The maximum atomic E-state index is 11.3. The van der Waals surface area contributed by atoms with E-state index >= 15 is 0 Å². The van der Waals surface area contributed by atoms with Gasteiger partial charge in [0, 0.05) is 0 Å². The zero-order valence-electron chi connectivity index (χ0n) is 8.30. The number of nitrogens with zero attached hydrogens (tertiary/aromatic N) is 1. The number of aromatic nitrogens is 1. The van der Waals surface area contributed by atoms with Crippen molar-refractivity contribution >= 4 is 0 Å². The Hall–Kier alpha value is -1.97. The first kappa shape index (κ1) is 9.58. The predicted octanol–water partition coefficient (Wildman–Crippen LogP) is 1.50. The molecule has 1 N–H and O–H groups in total. The predicted molar refractivity (Wildman–Crippen MR) is 54.9 cm³/mol. The summed E-state index contributed by atoms with van der Waals surface area (Å²) < 4.78 is 5.97. The summed E-state index contributed by atoms with van der Waals surface area (Å²) in [4.78, 5) is 11.3. The van der Waals surface area contributed by atoms with Crippen LogP contribution in [0.5, 0.6) is 5.88 Å². The average Bonchev–Trinajstić information content (AvgIpc) is 2.47. The van der Waals surface area contributed by atoms with Gasteiger partial charge < -0.3 is 9.52 Å². The minimum Gasteiger partial charge on any atom is -0.492 e. The zero-order chi connectivity index (χ0) is 10.8. The molecule has 0 saturated heterocycles. The highest BCUT2D eigenvalue weighted by Gasteiger charge is 2.11. The summed E-state index contributed by atoms with van der Waals surface area (Å²) in [5, 5.41) is 9.55. The lowest BCUT2D eigenvalue weighted by molar-refractivity contribution is 0.417. The lowest BCUT2D eigenvalue weighted by atomic mass is 10.2. The number of aromatic hydroxyl groups is 1. The molecule has 1 heterocycles. The van der Waals surface area contributed by atoms with E-state index < -0.39 is 5.76 Å². The van der Waals surface area contributed by atoms with Gasteiger partial charge in [-0.2, -0.15) is 0 Å². The molecule has 1 aromatic heterocycles. The Balaban J connectivity index is 2.37. The average molecular weight is 205 g/mol. The summed E-state index contributed by atoms with van der Waals surface area (Å²) in [6.45, 7) is 1.88. The van der Waals surface area contributed by atoms with E-state index in [-0.39, 0.29) is 11.6 Å². The summed E-state index contributed by atoms with van der Waals surface area (Å²) in [6.07, 6.45) is 0. The molecule has 0 spiro atoms. The van der Waals surface area contributed by atoms with Crippen LogP contribution in [0.2, 0.25) is 0 Å². The summed E-state index contributed by atoms with van der Waals surface area (Å²) in [6, 6.07) is 9.42. The van der Waals surface area contributed by atoms with Gasteiger partial charge in [-0.25, -0.2) is 9.36 Å². The second-order valence-corrected chi connectivity index (χ2v) is 3.32. The Morgan fingerprint density at radius 2 is 2.00 bits per heavy atom. The minimum atomic E-state index is -0.533. The van der Waals surface area contributed by atoms with E-state index in [1.54, 1.807) is 6.92 Å². The number of hydrogen-bond donors (Lipinski definition) is 1. The first-order valence-electron chi connectivity index (χ1n) is 4.61. The van der Waals surface area contributed by atoms with Crippen LogP contribution in [0.15, 0.2) is 39.5 Å². The number of rotatable bonds is 2. The van der Waals surface area contributed by atoms with E-state index in [1.165, 1.54) is 4.57 Å². The van der Waals surface area contributed by atoms with Crippen LogP contribution in [0, 0.1) is 6.92 Å². The van der Waals surface area contributed by atoms with Crippen LogP contribution >= 0.6 is 0 Å². The highest BCUT2D eigenvalue weighted by atomic mass is 16.4. The van der Waals surface area contributed by atoms with Crippen LogP contribution in [-0.4, -0.2) is 9.67 Å². The van der Waals surface area contributed by atoms with Gasteiger partial charge in [0.15, 0.2) is 5.76 Å². The topological polar surface area (TPSA) is 55.4 Å². The maximum Gasteiger partial charge on any atom is 0.422 e. The lowest BCUT2D eigenvalue weighted by Gasteiger charge is -2.01. The Morgan fingerprint density at radius 3 is 2.53 bits per heavy atom. The molecule has 78 valence electrons. The molecule has 1 aromatic carbocycles. The van der Waals surface area contributed by atoms with E-state index in [9.17, 15) is 9.90 Å². The molecule has 0 aliphatic heterocycles. The van der Waals surface area contributed by atoms with Crippen molar-refractivity contribution in [2.75, 3.05) is 0 Å². The van der Waals surface area contributed by atoms with Crippen molar-refractivity contribution < 1.29 is 9.52 Å². The SMILES string of the molecule is Cc1oc(=O)n(Cc2ccccc2)c1O. The van der Waals surface area contributed by atoms with E-state index in [4.69, 9.17) is 4.42 Å². The minimum absolute atomic E-state index is 0.108. The van der Waals surface area contributed by atoms with Gasteiger partial charge in [0.05, 0.1) is 6.54 Å². The molecule has 15 heavy (non-hydrogen) atoms. The molecule has 0 fully saturated rings. The second-order valence-electron chi connectivity index (χ2n) is 3.32. The third kappa shape index (κ3) is 1.79. The number of benzene rings is 1. The van der Waals surface area contributed by atoms with Crippen LogP contribution in [0.25, 0.3) is 0 Å². The van der Waals surface area contributed by atoms with Crippen molar-refractivity contribution in [3.63, 3.8) is 0 Å². The zero-order valence-corrected chi connectivity index (χ0v) is 8.30. The smallest absolute Gasteiger partial charge is 0.422 e. The van der Waals surface area contributed by atoms with Crippen molar-refractivity contribution in [3.8, 4) is 5.88 Å². The Bertz CT molecular complexity index is 510. The van der Waals surface area contributed by atoms with Crippen LogP contribution < -0.4 is 5.76 Å². The molecule has 0 aliphatic carbocycles. The van der Waals surface area contributed by atoms with Crippen molar-refractivity contribution in [3.05, 3.63) is 52.2 Å². The molecule has 2 rings (SSSR count). The maximum absolute atomic E-state index is 11.3. The lowest BCUT2D eigenvalue weighted by Crippen LogP contribution is -2.14. The Morgan fingerprint density at radius 1 is 1.33 bits per heavy atom. The van der Waals surface area contributed by atoms with Gasteiger partial charge >= 0.3 is 5.76 Å². The van der Waals surface area contributed by atoms with Gasteiger partial charge in [-0.05, 0) is 12.5 Å². The van der Waals surface area contributed by atoms with Crippen LogP contribution in [0.3, 0.4) is 0 Å². The highest BCUT2D eigenvalue weighted by molar-refractivity contribution is 5.19. The summed E-state index contributed by atoms with van der Waals surface area (Å²) in [5.74, 6) is -0.395. The molecule has 0 radical (unpaired) electrons. The third-order valence-corrected chi connectivity index (χ3v) is 2.21. The molecule has 0 saturated carbocycles. The molecule has 0 aliphatic rings. The van der Waals surface area contributed by atoms with Crippen LogP contribution in [0.4, 0.5) is 0 Å². The van der Waals surface area contributed by atoms with Crippen LogP contribution in [0.1, 0.15) is 11.3 Å². The highest BCUT2D eigenvalue weighted by Crippen LogP contribution is 2.14. The van der Waals surface area contributed by atoms with Gasteiger partial charge in [0.25, 0.3) is 0 Å². The molecule has 0 amide bonds. The standard InChI is InChI=1S/C11H11NO3/c1-8-10(13)12(11(14)15-8)7-9-5-3-2-4-6-9/h2-6,13H,7H2,1H3. The van der Waals surface area contributed by atoms with Crippen molar-refractivity contribution in [2.45, 2.75) is 13.5 Å². The van der Waals surface area contributed by atoms with Crippen molar-refractivity contribution in [2.24, 2.45) is 0 Å². The molecule has 0 unspecified atom stereocenters. The summed E-state index contributed by atoms with van der Waals surface area (Å²) in [5.41, 5.74) is 0.940. The number of hydrogen-bond acceptors (Lipinski definition) is 3. The molecule has 0 bridgehead atoms. The van der Waals surface area contributed by atoms with Gasteiger partial charge in [-0.1, -0.05) is 30.3 Å². The Labute approximate surface area is 86.4 Å². The normalized spacial score (nSPS) is 10.5. The fourth-order valence-corrected chi connectivity index (χ4v) is 1.41. The quantitative estimate of drug-likeness (QED) is 0.808. The van der Waals surface area contributed by atoms with Gasteiger partial charge in [-0.15, -0.1) is 0 Å². The van der Waals surface area contributed by atoms with E-state index in [0.717, 1.165) is 5.56 Å². The van der Waals surface area contributed by atoms with E-state index in [1.807, 2.05) is 30.3 Å². The van der Waals surface area contributed by atoms with Crippen LogP contribution in [-0.2, 0) is 6.54 Å². The molecule has 4 nitrogen and oxygen atoms in total. The van der Waals surface area contributed by atoms with E-state index in [2.05, 4.69) is 0 Å². The van der Waals surface area contributed by atoms with Crippen molar-refractivity contribution in [1.29, 1.82) is 0 Å². The van der Waals surface area contributed by atoms with Gasteiger partial charge in [0.1, 0.15) is 0 Å². The second kappa shape index (κ2) is 3.65. The number of oxazole rings is 1. The van der Waals surface area contributed by atoms with Gasteiger partial charge in [-0.3, -0.25) is 0 Å². The first-order valence-corrected chi connectivity index (χ1v) is 4.61. The first-order chi connectivity index (χ1) is 7.18. The molecule has 4 heteroatoms. The monoisotopic (exact) mass is 205 g/mol. The molecule has 2 aromatic rings.